The topological polar surface area (TPSA) is 88.5 Å². The highest BCUT2D eigenvalue weighted by Gasteiger charge is 2.36. The number of aromatic nitrogens is 1. The lowest BCUT2D eigenvalue weighted by molar-refractivity contribution is 0.190. The molecule has 1 aromatic rings. The maximum absolute atomic E-state index is 11.3. The second-order valence-corrected chi connectivity index (χ2v) is 6.14. The minimum absolute atomic E-state index is 0.0554. The molecule has 1 saturated heterocycles. The first-order valence-corrected chi connectivity index (χ1v) is 6.97. The maximum atomic E-state index is 11.3. The molecule has 2 heterocycles. The van der Waals surface area contributed by atoms with Crippen LogP contribution in [0.3, 0.4) is 0 Å². The van der Waals surface area contributed by atoms with Crippen molar-refractivity contribution in [1.82, 2.24) is 4.98 Å². The van der Waals surface area contributed by atoms with Crippen LogP contribution in [0.25, 0.3) is 0 Å². The van der Waals surface area contributed by atoms with E-state index >= 15 is 0 Å². The van der Waals surface area contributed by atoms with Crippen molar-refractivity contribution in [2.45, 2.75) is 12.1 Å². The Morgan fingerprint density at radius 2 is 2.24 bits per heavy atom. The molecule has 2 N–H and O–H groups in total. The van der Waals surface area contributed by atoms with Gasteiger partial charge >= 0.3 is 0 Å². The summed E-state index contributed by atoms with van der Waals surface area (Å²) in [5.41, 5.74) is 0.659. The van der Waals surface area contributed by atoms with Crippen molar-refractivity contribution in [1.29, 1.82) is 0 Å². The fourth-order valence-corrected chi connectivity index (χ4v) is 3.51. The largest absolute Gasteiger partial charge is 0.481 e. The van der Waals surface area contributed by atoms with Gasteiger partial charge in [-0.1, -0.05) is 0 Å². The van der Waals surface area contributed by atoms with Crippen LogP contribution in [0.2, 0.25) is 0 Å². The second kappa shape index (κ2) is 4.50. The quantitative estimate of drug-likeness (QED) is 0.771. The summed E-state index contributed by atoms with van der Waals surface area (Å²) in [5.74, 6) is 0.240. The van der Waals surface area contributed by atoms with Crippen molar-refractivity contribution >= 4 is 15.5 Å². The minimum atomic E-state index is -3.14. The predicted octanol–water partition coefficient (Wildman–Crippen LogP) is -0.340. The summed E-state index contributed by atoms with van der Waals surface area (Å²) in [7, 11) is -1.62. The number of rotatable bonds is 3. The van der Waals surface area contributed by atoms with Gasteiger partial charge in [-0.15, -0.1) is 0 Å². The van der Waals surface area contributed by atoms with E-state index in [1.54, 1.807) is 12.1 Å². The van der Waals surface area contributed by atoms with E-state index in [1.807, 2.05) is 0 Å². The fourth-order valence-electron chi connectivity index (χ4n) is 1.77. The van der Waals surface area contributed by atoms with Gasteiger partial charge < -0.3 is 15.2 Å². The third-order valence-corrected chi connectivity index (χ3v) is 4.34. The molecule has 1 aromatic heterocycles. The average molecular weight is 258 g/mol. The summed E-state index contributed by atoms with van der Waals surface area (Å²) < 4.78 is 27.5. The summed E-state index contributed by atoms with van der Waals surface area (Å²) in [6.07, 6.45) is 0.665. The van der Waals surface area contributed by atoms with Crippen LogP contribution in [0, 0.1) is 0 Å². The molecule has 2 unspecified atom stereocenters. The smallest absolute Gasteiger partial charge is 0.213 e. The molecule has 0 radical (unpaired) electrons. The van der Waals surface area contributed by atoms with E-state index in [4.69, 9.17) is 4.74 Å². The Bertz CT molecular complexity index is 486. The van der Waals surface area contributed by atoms with Crippen LogP contribution in [-0.4, -0.2) is 49.3 Å². The number of methoxy groups -OCH3 is 1. The van der Waals surface area contributed by atoms with Gasteiger partial charge in [-0.25, -0.2) is 13.4 Å². The van der Waals surface area contributed by atoms with E-state index < -0.39 is 22.0 Å². The predicted molar refractivity (Wildman–Crippen MR) is 62.9 cm³/mol. The number of nitrogens with zero attached hydrogens (tertiary/aromatic N) is 1. The van der Waals surface area contributed by atoms with Crippen molar-refractivity contribution in [3.63, 3.8) is 0 Å². The van der Waals surface area contributed by atoms with Crippen LogP contribution in [0.5, 0.6) is 5.88 Å². The Balaban J connectivity index is 2.06. The van der Waals surface area contributed by atoms with Gasteiger partial charge in [-0.2, -0.15) is 0 Å². The van der Waals surface area contributed by atoms with E-state index in [0.717, 1.165) is 0 Å². The highest BCUT2D eigenvalue weighted by molar-refractivity contribution is 7.91. The first-order chi connectivity index (χ1) is 8.00. The monoisotopic (exact) mass is 258 g/mol. The second-order valence-electron chi connectivity index (χ2n) is 3.98. The molecule has 0 aliphatic carbocycles. The van der Waals surface area contributed by atoms with E-state index in [9.17, 15) is 13.5 Å². The molecule has 0 spiro atoms. The van der Waals surface area contributed by atoms with Gasteiger partial charge in [0.15, 0.2) is 9.84 Å². The summed E-state index contributed by atoms with van der Waals surface area (Å²) >= 11 is 0. The Hall–Kier alpha value is -1.34. The molecule has 7 heteroatoms. The fraction of sp³-hybridized carbons (Fsp3) is 0.500. The van der Waals surface area contributed by atoms with Crippen molar-refractivity contribution in [3.05, 3.63) is 18.3 Å². The number of ether oxygens (including phenoxy) is 1. The number of anilines is 1. The third kappa shape index (κ3) is 2.86. The normalized spacial score (nSPS) is 26.7. The number of nitrogens with one attached hydrogen (secondary N) is 1. The Morgan fingerprint density at radius 1 is 1.47 bits per heavy atom. The number of hydrogen-bond acceptors (Lipinski definition) is 6. The summed E-state index contributed by atoms with van der Waals surface area (Å²) in [6, 6.07) is 2.91. The Kier molecular flexibility index (Phi) is 3.21. The van der Waals surface area contributed by atoms with E-state index in [-0.39, 0.29) is 11.5 Å². The molecule has 17 heavy (non-hydrogen) atoms. The van der Waals surface area contributed by atoms with Crippen molar-refractivity contribution in [2.75, 3.05) is 23.9 Å². The lowest BCUT2D eigenvalue weighted by Crippen LogP contribution is -2.31. The van der Waals surface area contributed by atoms with E-state index in [2.05, 4.69) is 10.3 Å². The van der Waals surface area contributed by atoms with Crippen LogP contribution in [0.4, 0.5) is 5.69 Å². The number of pyridine rings is 1. The van der Waals surface area contributed by atoms with Crippen molar-refractivity contribution in [3.8, 4) is 5.88 Å². The molecular weight excluding hydrogens is 244 g/mol. The summed E-state index contributed by atoms with van der Waals surface area (Å²) in [5, 5.41) is 12.6. The lowest BCUT2D eigenvalue weighted by atomic mass is 10.2. The van der Waals surface area contributed by atoms with Gasteiger partial charge in [-0.05, 0) is 6.07 Å². The molecule has 6 nitrogen and oxygen atoms in total. The van der Waals surface area contributed by atoms with Crippen LogP contribution in [0.15, 0.2) is 18.3 Å². The van der Waals surface area contributed by atoms with Crippen molar-refractivity contribution in [2.24, 2.45) is 0 Å². The molecule has 1 aliphatic heterocycles. The van der Waals surface area contributed by atoms with Gasteiger partial charge in [0.2, 0.25) is 5.88 Å². The molecule has 94 valence electrons. The maximum Gasteiger partial charge on any atom is 0.213 e. The molecule has 0 bridgehead atoms. The number of aliphatic hydroxyl groups is 1. The van der Waals surface area contributed by atoms with Gasteiger partial charge in [0.1, 0.15) is 0 Å². The highest BCUT2D eigenvalue weighted by Crippen LogP contribution is 2.18. The highest BCUT2D eigenvalue weighted by atomic mass is 32.2. The molecule has 0 saturated carbocycles. The summed E-state index contributed by atoms with van der Waals surface area (Å²) in [6.45, 7) is 0. The first-order valence-electron chi connectivity index (χ1n) is 5.15. The Labute approximate surface area is 99.6 Å². The number of sulfone groups is 1. The third-order valence-electron chi connectivity index (χ3n) is 2.62. The molecule has 2 rings (SSSR count). The molecular formula is C10H14N2O4S. The number of aliphatic hydroxyl groups excluding tert-OH is 1. The van der Waals surface area contributed by atoms with Gasteiger partial charge in [0.25, 0.3) is 0 Å². The van der Waals surface area contributed by atoms with Crippen molar-refractivity contribution < 1.29 is 18.3 Å². The lowest BCUT2D eigenvalue weighted by Gasteiger charge is -2.15. The molecule has 2 atom stereocenters. The van der Waals surface area contributed by atoms with Crippen LogP contribution < -0.4 is 10.1 Å². The molecule has 0 aromatic carbocycles. The molecule has 1 aliphatic rings. The van der Waals surface area contributed by atoms with E-state index in [1.165, 1.54) is 13.3 Å². The van der Waals surface area contributed by atoms with Crippen LogP contribution in [-0.2, 0) is 9.84 Å². The zero-order valence-corrected chi connectivity index (χ0v) is 10.1. The van der Waals surface area contributed by atoms with Gasteiger partial charge in [0, 0.05) is 6.07 Å². The van der Waals surface area contributed by atoms with Gasteiger partial charge in [0.05, 0.1) is 42.6 Å². The first kappa shape index (κ1) is 12.1. The zero-order chi connectivity index (χ0) is 12.5. The average Bonchev–Trinajstić information content (AvgIpc) is 2.53. The van der Waals surface area contributed by atoms with E-state index in [0.29, 0.717) is 11.6 Å². The summed E-state index contributed by atoms with van der Waals surface area (Å²) in [4.78, 5) is 3.98. The molecule has 1 fully saturated rings. The minimum Gasteiger partial charge on any atom is -0.481 e. The Morgan fingerprint density at radius 3 is 2.71 bits per heavy atom. The van der Waals surface area contributed by atoms with Gasteiger partial charge in [-0.3, -0.25) is 0 Å². The zero-order valence-electron chi connectivity index (χ0n) is 9.33. The standard InChI is InChI=1S/C10H14N2O4S/c1-16-10-3-2-7(4-11-10)12-8-5-17(14,15)6-9(8)13/h2-4,8-9,12-13H,5-6H2,1H3. The van der Waals surface area contributed by atoms with Crippen LogP contribution >= 0.6 is 0 Å². The SMILES string of the molecule is COc1ccc(NC2CS(=O)(=O)CC2O)cn1. The van der Waals surface area contributed by atoms with Crippen LogP contribution in [0.1, 0.15) is 0 Å². The number of hydrogen-bond donors (Lipinski definition) is 2. The molecule has 0 amide bonds.